The number of ether oxygens (including phenoxy) is 1. The zero-order valence-electron chi connectivity index (χ0n) is 10.7. The number of methoxy groups -OCH3 is 1. The standard InChI is InChI=1S/C15H11ClN2O2/c1-20-15(19)10-6-4-8-12-13(10)18-14(17-12)9-5-2-3-7-11(9)16/h2-8H,1H3,(H,17,18). The first-order valence-corrected chi connectivity index (χ1v) is 6.40. The zero-order chi connectivity index (χ0) is 14.1. The highest BCUT2D eigenvalue weighted by atomic mass is 35.5. The fourth-order valence-electron chi connectivity index (χ4n) is 2.09. The van der Waals surface area contributed by atoms with Crippen molar-refractivity contribution >= 4 is 28.6 Å². The van der Waals surface area contributed by atoms with Crippen molar-refractivity contribution in [1.29, 1.82) is 0 Å². The smallest absolute Gasteiger partial charge is 0.340 e. The summed E-state index contributed by atoms with van der Waals surface area (Å²) >= 11 is 6.16. The number of aromatic amines is 1. The molecule has 0 bridgehead atoms. The van der Waals surface area contributed by atoms with Crippen molar-refractivity contribution in [3.8, 4) is 11.4 Å². The number of benzene rings is 2. The van der Waals surface area contributed by atoms with Crippen molar-refractivity contribution in [2.75, 3.05) is 7.11 Å². The van der Waals surface area contributed by atoms with Gasteiger partial charge in [-0.2, -0.15) is 0 Å². The van der Waals surface area contributed by atoms with Crippen LogP contribution in [0.2, 0.25) is 5.02 Å². The summed E-state index contributed by atoms with van der Waals surface area (Å²) in [7, 11) is 1.35. The summed E-state index contributed by atoms with van der Waals surface area (Å²) in [6, 6.07) is 12.7. The van der Waals surface area contributed by atoms with Crippen LogP contribution in [-0.2, 0) is 4.74 Å². The summed E-state index contributed by atoms with van der Waals surface area (Å²) in [6.07, 6.45) is 0. The van der Waals surface area contributed by atoms with Gasteiger partial charge in [0.1, 0.15) is 11.3 Å². The van der Waals surface area contributed by atoms with Crippen LogP contribution in [0.1, 0.15) is 10.4 Å². The molecule has 0 aliphatic rings. The Hall–Kier alpha value is -2.33. The number of aromatic nitrogens is 2. The third kappa shape index (κ3) is 2.04. The van der Waals surface area contributed by atoms with Crippen molar-refractivity contribution in [3.63, 3.8) is 0 Å². The van der Waals surface area contributed by atoms with E-state index in [0.29, 0.717) is 21.9 Å². The molecule has 0 saturated heterocycles. The second kappa shape index (κ2) is 4.98. The number of para-hydroxylation sites is 1. The molecule has 0 atom stereocenters. The molecule has 0 unspecified atom stereocenters. The minimum Gasteiger partial charge on any atom is -0.465 e. The van der Waals surface area contributed by atoms with Crippen LogP contribution < -0.4 is 0 Å². The number of fused-ring (bicyclic) bond motifs is 1. The molecule has 1 aromatic heterocycles. The highest BCUT2D eigenvalue weighted by molar-refractivity contribution is 6.33. The van der Waals surface area contributed by atoms with E-state index in [1.807, 2.05) is 24.3 Å². The first kappa shape index (κ1) is 12.7. The van der Waals surface area contributed by atoms with Gasteiger partial charge in [0.25, 0.3) is 0 Å². The molecular formula is C15H11ClN2O2. The van der Waals surface area contributed by atoms with E-state index < -0.39 is 5.97 Å². The van der Waals surface area contributed by atoms with E-state index in [-0.39, 0.29) is 0 Å². The number of H-pyrrole nitrogens is 1. The van der Waals surface area contributed by atoms with E-state index in [9.17, 15) is 4.79 Å². The number of hydrogen-bond donors (Lipinski definition) is 1. The lowest BCUT2D eigenvalue weighted by atomic mass is 10.2. The fraction of sp³-hybridized carbons (Fsp3) is 0.0667. The SMILES string of the molecule is COC(=O)c1cccc2[nH]c(-c3ccccc3Cl)nc12. The minimum atomic E-state index is -0.409. The lowest BCUT2D eigenvalue weighted by molar-refractivity contribution is 0.0603. The Morgan fingerprint density at radius 3 is 2.75 bits per heavy atom. The van der Waals surface area contributed by atoms with Gasteiger partial charge in [0.2, 0.25) is 0 Å². The van der Waals surface area contributed by atoms with Crippen LogP contribution >= 0.6 is 11.6 Å². The van der Waals surface area contributed by atoms with Gasteiger partial charge in [-0.25, -0.2) is 9.78 Å². The average Bonchev–Trinajstić information content (AvgIpc) is 2.90. The molecule has 0 amide bonds. The summed E-state index contributed by atoms with van der Waals surface area (Å²) < 4.78 is 4.76. The molecule has 4 nitrogen and oxygen atoms in total. The number of carbonyl (C=O) groups is 1. The van der Waals surface area contributed by atoms with Crippen LogP contribution in [0.15, 0.2) is 42.5 Å². The number of hydrogen-bond acceptors (Lipinski definition) is 3. The summed E-state index contributed by atoms with van der Waals surface area (Å²) in [5.41, 5.74) is 2.57. The van der Waals surface area contributed by atoms with Crippen molar-refractivity contribution in [2.45, 2.75) is 0 Å². The Morgan fingerprint density at radius 1 is 1.20 bits per heavy atom. The van der Waals surface area contributed by atoms with Gasteiger partial charge < -0.3 is 9.72 Å². The molecule has 0 saturated carbocycles. The number of carbonyl (C=O) groups excluding carboxylic acids is 1. The first-order valence-electron chi connectivity index (χ1n) is 6.02. The van der Waals surface area contributed by atoms with Crippen LogP contribution in [-0.4, -0.2) is 23.0 Å². The number of nitrogens with one attached hydrogen (secondary N) is 1. The predicted octanol–water partition coefficient (Wildman–Crippen LogP) is 3.67. The Kier molecular flexibility index (Phi) is 3.16. The molecule has 0 spiro atoms. The second-order valence-electron chi connectivity index (χ2n) is 4.26. The predicted molar refractivity (Wildman–Crippen MR) is 77.9 cm³/mol. The highest BCUT2D eigenvalue weighted by Gasteiger charge is 2.15. The van der Waals surface area contributed by atoms with E-state index in [0.717, 1.165) is 11.1 Å². The Bertz CT molecular complexity index is 795. The molecular weight excluding hydrogens is 276 g/mol. The molecule has 0 aliphatic heterocycles. The van der Waals surface area contributed by atoms with Gasteiger partial charge in [-0.05, 0) is 24.3 Å². The number of nitrogens with zero attached hydrogens (tertiary/aromatic N) is 1. The molecule has 3 aromatic rings. The lowest BCUT2D eigenvalue weighted by Crippen LogP contribution is -2.01. The molecule has 100 valence electrons. The molecule has 1 heterocycles. The zero-order valence-corrected chi connectivity index (χ0v) is 11.4. The van der Waals surface area contributed by atoms with Crippen LogP contribution in [0.25, 0.3) is 22.4 Å². The van der Waals surface area contributed by atoms with Gasteiger partial charge in [-0.1, -0.05) is 29.8 Å². The molecule has 5 heteroatoms. The summed E-state index contributed by atoms with van der Waals surface area (Å²) in [5.74, 6) is 0.217. The van der Waals surface area contributed by atoms with Gasteiger partial charge in [-0.15, -0.1) is 0 Å². The van der Waals surface area contributed by atoms with Crippen LogP contribution in [0, 0.1) is 0 Å². The topological polar surface area (TPSA) is 55.0 Å². The maximum absolute atomic E-state index is 11.7. The summed E-state index contributed by atoms with van der Waals surface area (Å²) in [4.78, 5) is 19.4. The van der Waals surface area contributed by atoms with Crippen molar-refractivity contribution in [3.05, 3.63) is 53.1 Å². The van der Waals surface area contributed by atoms with E-state index >= 15 is 0 Å². The number of imidazole rings is 1. The van der Waals surface area contributed by atoms with E-state index in [1.165, 1.54) is 7.11 Å². The lowest BCUT2D eigenvalue weighted by Gasteiger charge is -1.99. The van der Waals surface area contributed by atoms with Gasteiger partial charge in [-0.3, -0.25) is 0 Å². The van der Waals surface area contributed by atoms with Crippen LogP contribution in [0.3, 0.4) is 0 Å². The molecule has 0 radical (unpaired) electrons. The Morgan fingerprint density at radius 2 is 2.00 bits per heavy atom. The molecule has 3 rings (SSSR count). The van der Waals surface area contributed by atoms with E-state index in [2.05, 4.69) is 9.97 Å². The summed E-state index contributed by atoms with van der Waals surface area (Å²) in [5, 5.41) is 0.603. The monoisotopic (exact) mass is 286 g/mol. The summed E-state index contributed by atoms with van der Waals surface area (Å²) in [6.45, 7) is 0. The van der Waals surface area contributed by atoms with Gasteiger partial charge in [0, 0.05) is 5.56 Å². The highest BCUT2D eigenvalue weighted by Crippen LogP contribution is 2.28. The Labute approximate surface area is 120 Å². The molecule has 0 aliphatic carbocycles. The molecule has 2 aromatic carbocycles. The fourth-order valence-corrected chi connectivity index (χ4v) is 2.31. The second-order valence-corrected chi connectivity index (χ2v) is 4.67. The number of esters is 1. The maximum atomic E-state index is 11.7. The van der Waals surface area contributed by atoms with Crippen LogP contribution in [0.4, 0.5) is 0 Å². The molecule has 1 N–H and O–H groups in total. The van der Waals surface area contributed by atoms with Gasteiger partial charge in [0.15, 0.2) is 0 Å². The largest absolute Gasteiger partial charge is 0.465 e. The van der Waals surface area contributed by atoms with Gasteiger partial charge >= 0.3 is 5.97 Å². The van der Waals surface area contributed by atoms with Gasteiger partial charge in [0.05, 0.1) is 23.2 Å². The first-order chi connectivity index (χ1) is 9.70. The number of rotatable bonds is 2. The quantitative estimate of drug-likeness (QED) is 0.731. The third-order valence-electron chi connectivity index (χ3n) is 3.05. The van der Waals surface area contributed by atoms with E-state index in [4.69, 9.17) is 16.3 Å². The Balaban J connectivity index is 2.21. The molecule has 0 fully saturated rings. The van der Waals surface area contributed by atoms with E-state index in [1.54, 1.807) is 18.2 Å². The van der Waals surface area contributed by atoms with Crippen molar-refractivity contribution < 1.29 is 9.53 Å². The molecule has 20 heavy (non-hydrogen) atoms. The normalized spacial score (nSPS) is 10.7. The van der Waals surface area contributed by atoms with Crippen molar-refractivity contribution in [2.24, 2.45) is 0 Å². The average molecular weight is 287 g/mol. The minimum absolute atomic E-state index is 0.409. The van der Waals surface area contributed by atoms with Crippen molar-refractivity contribution in [1.82, 2.24) is 9.97 Å². The number of halogens is 1. The third-order valence-corrected chi connectivity index (χ3v) is 3.38. The maximum Gasteiger partial charge on any atom is 0.340 e. The van der Waals surface area contributed by atoms with Crippen LogP contribution in [0.5, 0.6) is 0 Å².